The third-order valence-electron chi connectivity index (χ3n) is 26.8. The number of hydrogen-bond donors (Lipinski definition) is 14. The maximum atomic E-state index is 14.3. The first-order valence-electron chi connectivity index (χ1n) is 45.5. The smallest absolute Gasteiger partial charge is 0.297 e. The zero-order valence-corrected chi connectivity index (χ0v) is 85.7. The quantitative estimate of drug-likeness (QED) is 0.0244. The van der Waals surface area contributed by atoms with Crippen LogP contribution < -0.4 is 0 Å². The number of aliphatic hydroxyl groups is 14. The molecule has 52 heteroatoms. The second-order valence-electron chi connectivity index (χ2n) is 39.3. The van der Waals surface area contributed by atoms with Crippen molar-refractivity contribution in [1.29, 1.82) is 0 Å². The largest absolute Gasteiger partial charge is 0.414 e. The van der Waals surface area contributed by atoms with Gasteiger partial charge in [0.2, 0.25) is 0 Å². The lowest BCUT2D eigenvalue weighted by Crippen LogP contribution is -2.68. The molecule has 21 aliphatic heterocycles. The topological polar surface area (TPSA) is 648 Å². The van der Waals surface area contributed by atoms with E-state index in [-0.39, 0.29) is 0 Å². The molecule has 0 saturated carbocycles. The molecular weight excluding hydrogens is 2010 g/mol. The number of aryl methyl sites for hydroxylation is 5. The van der Waals surface area contributed by atoms with Crippen molar-refractivity contribution in [2.75, 3.05) is 46.2 Å². The molecule has 26 rings (SSSR count). The van der Waals surface area contributed by atoms with E-state index in [0.717, 1.165) is 12.1 Å². The number of aliphatic hydroxyl groups excluding tert-OH is 14. The van der Waals surface area contributed by atoms with Crippen molar-refractivity contribution in [3.8, 4) is 0 Å². The highest BCUT2D eigenvalue weighted by molar-refractivity contribution is 7.87. The molecule has 5 aromatic carbocycles. The zero-order chi connectivity index (χ0) is 103. The second kappa shape index (κ2) is 45.0. The van der Waals surface area contributed by atoms with Crippen LogP contribution in [0.25, 0.3) is 0 Å². The van der Waals surface area contributed by atoms with E-state index in [1.165, 1.54) is 109 Å². The lowest BCUT2D eigenvalue weighted by molar-refractivity contribution is -0.395. The van der Waals surface area contributed by atoms with E-state index in [2.05, 4.69) is 0 Å². The highest BCUT2D eigenvalue weighted by Crippen LogP contribution is 2.45. The maximum absolute atomic E-state index is 14.3. The van der Waals surface area contributed by atoms with E-state index >= 15 is 0 Å². The number of ether oxygens (including phenoxy) is 14. The molecule has 35 atom stereocenters. The van der Waals surface area contributed by atoms with Crippen molar-refractivity contribution in [3.63, 3.8) is 0 Å². The van der Waals surface area contributed by atoms with Crippen LogP contribution in [0.15, 0.2) is 146 Å². The molecular formula is C89H128O45S5Si2. The number of benzene rings is 5. The SMILES string of the molecule is Cc1ccc(S(=O)(=O)OC[C@@H]2O[C@H]3O[C@@H]4[C@@H](O)[C@H](O)[C@H](O[C@@H]5[C@@H](O)[C@H](O)[C@H](O[C@@H]6[C@@H](O)[C@H](O)[C@H](O[C@@H]7[C@@H](O)[C@@H](O)[C@H](O[C@@H]8[C@@H](O)[C@H](O)[C@H](O[C@@H]9[C@@H](O)[C@H](O)[C@H](O[C@@H]2[C@H](O)[C@@H]3O)O[C@H]9COS(=O)(=O)c2ccc(C)cc2)O[C@H]8CO[Si](C)(C)C(C)(C)C)O[C@H]7COS(=O)(=O)c2ccc(C)cc2)O[C@H]6COS(=O)(=O)c2ccc(C)cc2)O[C@H]5COS(=O)(=O)c2ccc(C)cc2)O[C@H]4CO[Si](C)(C)C(C)(C)C)cc1. The molecule has 21 saturated heterocycles. The van der Waals surface area contributed by atoms with E-state index in [9.17, 15) is 114 Å². The third-order valence-corrected chi connectivity index (χ3v) is 42.3. The molecule has 0 unspecified atom stereocenters. The average Bonchev–Trinajstić information content (AvgIpc) is 0.869. The monoisotopic (exact) mass is 2130 g/mol. The molecule has 0 amide bonds. The predicted octanol–water partition coefficient (Wildman–Crippen LogP) is -0.564. The Balaban J connectivity index is 0.938. The van der Waals surface area contributed by atoms with Crippen LogP contribution in [0.1, 0.15) is 69.4 Å². The Hall–Kier alpha value is -5.12. The summed E-state index contributed by atoms with van der Waals surface area (Å²) >= 11 is 0. The predicted molar refractivity (Wildman–Crippen MR) is 487 cm³/mol. The van der Waals surface area contributed by atoms with Gasteiger partial charge in [0.1, 0.15) is 171 Å². The van der Waals surface area contributed by atoms with E-state index in [1.54, 1.807) is 60.8 Å². The van der Waals surface area contributed by atoms with Crippen LogP contribution in [0, 0.1) is 34.6 Å². The van der Waals surface area contributed by atoms with Crippen molar-refractivity contribution in [2.24, 2.45) is 0 Å². The van der Waals surface area contributed by atoms with Gasteiger partial charge in [0.05, 0.1) is 70.7 Å². The Morgan fingerprint density at radius 1 is 0.220 bits per heavy atom. The van der Waals surface area contributed by atoms with E-state index in [1.807, 2.05) is 41.5 Å². The lowest BCUT2D eigenvalue weighted by atomic mass is 9.95. The van der Waals surface area contributed by atoms with Gasteiger partial charge in [-0.3, -0.25) is 20.9 Å². The van der Waals surface area contributed by atoms with Gasteiger partial charge in [-0.2, -0.15) is 42.1 Å². The van der Waals surface area contributed by atoms with Gasteiger partial charge in [-0.25, -0.2) is 0 Å². The molecule has 0 spiro atoms. The minimum absolute atomic E-state index is 0.440. The van der Waals surface area contributed by atoms with Gasteiger partial charge < -0.3 is 147 Å². The van der Waals surface area contributed by atoms with Gasteiger partial charge in [0, 0.05) is 0 Å². The summed E-state index contributed by atoms with van der Waals surface area (Å²) in [5.41, 5.74) is 3.00. The van der Waals surface area contributed by atoms with Crippen LogP contribution in [0.3, 0.4) is 0 Å². The fourth-order valence-corrected chi connectivity index (χ4v) is 22.6. The standard InChI is InChI=1S/C89H128O45S5Si2/c1-43-16-26-48(27-17-43)135(104,105)114-36-53-74-60(90)67(97)81(121-53)129-75-54(37-115-136(106,107)49-28-18-44(2)19-29-49)124-84(70(100)63(75)93)133-79-58(41-119-140(12,13)88(6,7)8)127-87(73(103)66(79)96)132-78-57(40-118-139(112,113)52-34-24-47(5)25-35-52)123-83(69(99)62(78)92)130-76-55(38-116-137(108,109)50-30-20-45(3)21-31-50)125-85(71(101)64(76)94)134-80-59(42-120-141(14,15)89(9,10)11)126-86(72(102)65(80)95)131-77-56(122-82(128-74)68(98)61(77)91)39-117-138(110,111)51-32-22-46(4)23-33-51/h16-35,53-87,90-103H,36-42H2,1-15H3/t53-,54-,55-,56-,57-,58-,59-,60-,61-,62-,63-,64+,65-,66-,67-,68-,69-,70+,71-,72-,73-,74-,75-,76-,77-,78-,79-,80-,81-,82-,83-,84-,85-,86-,87-/m0/s1. The molecule has 141 heavy (non-hydrogen) atoms. The molecule has 14 bridgehead atoms. The van der Waals surface area contributed by atoms with Crippen LogP contribution in [0.4, 0.5) is 0 Å². The summed E-state index contributed by atoms with van der Waals surface area (Å²) in [4.78, 5) is -2.25. The molecule has 21 aliphatic rings. The summed E-state index contributed by atoms with van der Waals surface area (Å²) in [5.74, 6) is 0. The Kier molecular flexibility index (Phi) is 36.0. The van der Waals surface area contributed by atoms with Crippen LogP contribution in [-0.2, 0) is 147 Å². The summed E-state index contributed by atoms with van der Waals surface area (Å²) in [5, 5.41) is 175. The number of rotatable bonds is 26. The Morgan fingerprint density at radius 3 is 0.475 bits per heavy atom. The fraction of sp³-hybridized carbons (Fsp3) is 0.663. The van der Waals surface area contributed by atoms with Crippen molar-refractivity contribution in [1.82, 2.24) is 0 Å². The van der Waals surface area contributed by atoms with Gasteiger partial charge >= 0.3 is 0 Å². The first-order chi connectivity index (χ1) is 65.7. The van der Waals surface area contributed by atoms with Gasteiger partial charge in [0.15, 0.2) is 60.7 Å². The second-order valence-corrected chi connectivity index (χ2v) is 57.0. The van der Waals surface area contributed by atoms with E-state index < -0.39 is 363 Å². The molecule has 14 N–H and O–H groups in total. The molecule has 45 nitrogen and oxygen atoms in total. The third kappa shape index (κ3) is 26.0. The molecule has 5 aromatic rings. The van der Waals surface area contributed by atoms with Crippen molar-refractivity contribution >= 4 is 67.2 Å². The summed E-state index contributed by atoms with van der Waals surface area (Å²) in [6, 6.07) is 25.9. The molecule has 21 heterocycles. The Morgan fingerprint density at radius 2 is 0.348 bits per heavy atom. The minimum atomic E-state index is -4.95. The molecule has 0 radical (unpaired) electrons. The van der Waals surface area contributed by atoms with Crippen LogP contribution in [0.5, 0.6) is 0 Å². The maximum Gasteiger partial charge on any atom is 0.297 e. The summed E-state index contributed by atoms with van der Waals surface area (Å²) in [6.07, 6.45) is -82.3. The Bertz CT molecular complexity index is 5360. The van der Waals surface area contributed by atoms with Gasteiger partial charge in [0.25, 0.3) is 50.6 Å². The summed E-state index contributed by atoms with van der Waals surface area (Å²) in [7, 11) is -30.8. The van der Waals surface area contributed by atoms with Gasteiger partial charge in [-0.1, -0.05) is 130 Å². The van der Waals surface area contributed by atoms with E-state index in [0.29, 0.717) is 27.8 Å². The molecule has 792 valence electrons. The van der Waals surface area contributed by atoms with Crippen molar-refractivity contribution in [2.45, 2.75) is 352 Å². The highest BCUT2D eigenvalue weighted by atomic mass is 32.2. The normalized spacial score (nSPS) is 36.6. The van der Waals surface area contributed by atoms with Crippen molar-refractivity contribution in [3.05, 3.63) is 149 Å². The Labute approximate surface area is 819 Å². The average molecular weight is 2130 g/mol. The first-order valence-corrected chi connectivity index (χ1v) is 58.3. The minimum Gasteiger partial charge on any atom is -0.414 e. The molecule has 0 aliphatic carbocycles. The van der Waals surface area contributed by atoms with Crippen LogP contribution >= 0.6 is 0 Å². The highest BCUT2D eigenvalue weighted by Gasteiger charge is 2.62. The van der Waals surface area contributed by atoms with Crippen LogP contribution in [-0.4, -0.2) is 391 Å². The summed E-state index contributed by atoms with van der Waals surface area (Å²) < 4.78 is 272. The van der Waals surface area contributed by atoms with E-state index in [4.69, 9.17) is 96.1 Å². The summed E-state index contributed by atoms with van der Waals surface area (Å²) in [6.45, 7) is 18.7. The molecule has 21 fully saturated rings. The molecule has 0 aromatic heterocycles. The van der Waals surface area contributed by atoms with Crippen LogP contribution in [0.2, 0.25) is 36.3 Å². The van der Waals surface area contributed by atoms with Gasteiger partial charge in [-0.05, 0) is 132 Å². The number of hydrogen-bond acceptors (Lipinski definition) is 45. The zero-order valence-electron chi connectivity index (χ0n) is 79.7. The first kappa shape index (κ1) is 113. The van der Waals surface area contributed by atoms with Crippen molar-refractivity contribution < 1.29 is 210 Å². The lowest BCUT2D eigenvalue weighted by Gasteiger charge is -2.50. The fourth-order valence-electron chi connectivity index (χ4n) is 16.0. The van der Waals surface area contributed by atoms with Gasteiger partial charge in [-0.15, -0.1) is 0 Å².